The van der Waals surface area contributed by atoms with Gasteiger partial charge in [0.05, 0.1) is 0 Å². The van der Waals surface area contributed by atoms with E-state index in [0.29, 0.717) is 18.0 Å². The van der Waals surface area contributed by atoms with Crippen molar-refractivity contribution in [1.29, 1.82) is 0 Å². The lowest BCUT2D eigenvalue weighted by Crippen LogP contribution is -2.27. The van der Waals surface area contributed by atoms with Crippen LogP contribution < -0.4 is 5.32 Å². The van der Waals surface area contributed by atoms with Crippen molar-refractivity contribution in [3.8, 4) is 0 Å². The Kier molecular flexibility index (Phi) is 5.31. The zero-order chi connectivity index (χ0) is 15.2. The number of carbonyl (C=O) groups excluding carboxylic acids is 1. The molecule has 1 aromatic rings. The van der Waals surface area contributed by atoms with Crippen molar-refractivity contribution in [2.24, 2.45) is 11.8 Å². The van der Waals surface area contributed by atoms with E-state index in [9.17, 15) is 9.59 Å². The average molecular weight is 290 g/mol. The second kappa shape index (κ2) is 7.20. The fourth-order valence-electron chi connectivity index (χ4n) is 2.80. The number of nitrogens with one attached hydrogen (secondary N) is 1. The number of nitrogens with zero attached hydrogens (tertiary/aromatic N) is 1. The van der Waals surface area contributed by atoms with Crippen molar-refractivity contribution in [2.45, 2.75) is 39.0 Å². The highest BCUT2D eigenvalue weighted by Crippen LogP contribution is 2.29. The van der Waals surface area contributed by atoms with Gasteiger partial charge < -0.3 is 10.4 Å². The molecule has 0 radical (unpaired) electrons. The molecule has 0 bridgehead atoms. The summed E-state index contributed by atoms with van der Waals surface area (Å²) >= 11 is 0. The molecule has 5 heteroatoms. The second-order valence-electron chi connectivity index (χ2n) is 5.91. The first-order valence-electron chi connectivity index (χ1n) is 7.54. The zero-order valence-corrected chi connectivity index (χ0v) is 12.3. The van der Waals surface area contributed by atoms with Gasteiger partial charge in [-0.3, -0.25) is 4.79 Å². The number of carboxylic acids is 1. The van der Waals surface area contributed by atoms with E-state index in [0.717, 1.165) is 12.3 Å². The van der Waals surface area contributed by atoms with Crippen molar-refractivity contribution >= 4 is 11.9 Å². The molecule has 5 nitrogen and oxygen atoms in total. The zero-order valence-electron chi connectivity index (χ0n) is 12.3. The molecule has 2 N–H and O–H groups in total. The van der Waals surface area contributed by atoms with Crippen LogP contribution in [0.15, 0.2) is 18.3 Å². The quantitative estimate of drug-likeness (QED) is 0.874. The predicted octanol–water partition coefficient (Wildman–Crippen LogP) is 2.73. The highest BCUT2D eigenvalue weighted by atomic mass is 16.4. The number of carboxylic acid groups (broad SMARTS) is 1. The number of amides is 1. The van der Waals surface area contributed by atoms with Gasteiger partial charge in [0, 0.05) is 18.3 Å². The summed E-state index contributed by atoms with van der Waals surface area (Å²) in [5, 5.41) is 11.7. The number of rotatable bonds is 5. The molecule has 2 rings (SSSR count). The Balaban J connectivity index is 1.79. The lowest BCUT2D eigenvalue weighted by atomic mass is 9.81. The molecule has 0 atom stereocenters. The lowest BCUT2D eigenvalue weighted by Gasteiger charge is -2.26. The van der Waals surface area contributed by atoms with Gasteiger partial charge in [0.1, 0.15) is 5.69 Å². The molecule has 1 fully saturated rings. The fourth-order valence-corrected chi connectivity index (χ4v) is 2.80. The predicted molar refractivity (Wildman–Crippen MR) is 79.3 cm³/mol. The maximum absolute atomic E-state index is 12.0. The molecule has 114 valence electrons. The summed E-state index contributed by atoms with van der Waals surface area (Å²) in [5.74, 6) is 0.181. The van der Waals surface area contributed by atoms with Gasteiger partial charge in [-0.05, 0) is 30.4 Å². The molecule has 0 aromatic carbocycles. The van der Waals surface area contributed by atoms with Crippen molar-refractivity contribution in [3.63, 3.8) is 0 Å². The Morgan fingerprint density at radius 1 is 1.33 bits per heavy atom. The number of carbonyl (C=O) groups is 2. The Bertz CT molecular complexity index is 508. The molecule has 1 aliphatic carbocycles. The first-order chi connectivity index (χ1) is 10.1. The van der Waals surface area contributed by atoms with Crippen LogP contribution in [0.5, 0.6) is 0 Å². The van der Waals surface area contributed by atoms with Crippen LogP contribution in [0.4, 0.5) is 0 Å². The van der Waals surface area contributed by atoms with Crippen LogP contribution in [0, 0.1) is 11.8 Å². The van der Waals surface area contributed by atoms with E-state index in [1.54, 1.807) is 0 Å². The highest BCUT2D eigenvalue weighted by Gasteiger charge is 2.18. The molecule has 0 unspecified atom stereocenters. The molecular formula is C16H22N2O3. The summed E-state index contributed by atoms with van der Waals surface area (Å²) in [4.78, 5) is 26.5. The van der Waals surface area contributed by atoms with Gasteiger partial charge in [-0.15, -0.1) is 0 Å². The molecule has 1 saturated carbocycles. The van der Waals surface area contributed by atoms with Crippen LogP contribution in [-0.4, -0.2) is 28.5 Å². The van der Waals surface area contributed by atoms with Crippen LogP contribution in [0.1, 0.15) is 59.9 Å². The third kappa shape index (κ3) is 4.55. The molecule has 0 aliphatic heterocycles. The van der Waals surface area contributed by atoms with Gasteiger partial charge in [0.15, 0.2) is 0 Å². The molecule has 0 spiro atoms. The van der Waals surface area contributed by atoms with Gasteiger partial charge in [0.2, 0.25) is 0 Å². The summed E-state index contributed by atoms with van der Waals surface area (Å²) < 4.78 is 0. The topological polar surface area (TPSA) is 79.3 Å². The van der Waals surface area contributed by atoms with Crippen LogP contribution in [0.2, 0.25) is 0 Å². The van der Waals surface area contributed by atoms with Crippen LogP contribution in [-0.2, 0) is 0 Å². The second-order valence-corrected chi connectivity index (χ2v) is 5.91. The van der Waals surface area contributed by atoms with Gasteiger partial charge in [-0.2, -0.15) is 0 Å². The minimum absolute atomic E-state index is 0.107. The minimum Gasteiger partial charge on any atom is -0.477 e. The largest absolute Gasteiger partial charge is 0.477 e. The smallest absolute Gasteiger partial charge is 0.354 e. The number of pyridine rings is 1. The molecule has 1 amide bonds. The fraction of sp³-hybridized carbons (Fsp3) is 0.562. The summed E-state index contributed by atoms with van der Waals surface area (Å²) in [7, 11) is 0. The van der Waals surface area contributed by atoms with E-state index < -0.39 is 5.97 Å². The van der Waals surface area contributed by atoms with Crippen LogP contribution >= 0.6 is 0 Å². The molecule has 1 aliphatic rings. The van der Waals surface area contributed by atoms with Gasteiger partial charge in [-0.1, -0.05) is 32.6 Å². The number of aromatic carboxylic acids is 1. The third-order valence-electron chi connectivity index (χ3n) is 4.21. The van der Waals surface area contributed by atoms with Crippen LogP contribution in [0.25, 0.3) is 0 Å². The standard InChI is InChI=1S/C16H22N2O3/c1-11-2-4-12(5-3-11)6-8-18-15(19)13-7-9-17-14(10-13)16(20)21/h7,9-12H,2-6,8H2,1H3,(H,18,19)(H,20,21). The Hall–Kier alpha value is -1.91. The molecular weight excluding hydrogens is 268 g/mol. The third-order valence-corrected chi connectivity index (χ3v) is 4.21. The average Bonchev–Trinajstić information content (AvgIpc) is 2.49. The van der Waals surface area contributed by atoms with E-state index in [2.05, 4.69) is 17.2 Å². The summed E-state index contributed by atoms with van der Waals surface area (Å²) in [6.45, 7) is 2.93. The van der Waals surface area contributed by atoms with Crippen molar-refractivity contribution < 1.29 is 14.7 Å². The van der Waals surface area contributed by atoms with Gasteiger partial charge >= 0.3 is 5.97 Å². The summed E-state index contributed by atoms with van der Waals surface area (Å²) in [6.07, 6.45) is 7.40. The Morgan fingerprint density at radius 3 is 2.71 bits per heavy atom. The van der Waals surface area contributed by atoms with E-state index in [1.165, 1.54) is 44.0 Å². The van der Waals surface area contributed by atoms with E-state index in [4.69, 9.17) is 5.11 Å². The first kappa shape index (κ1) is 15.5. The normalized spacial score (nSPS) is 21.8. The first-order valence-corrected chi connectivity index (χ1v) is 7.54. The van der Waals surface area contributed by atoms with E-state index >= 15 is 0 Å². The maximum atomic E-state index is 12.0. The molecule has 0 saturated heterocycles. The Morgan fingerprint density at radius 2 is 2.05 bits per heavy atom. The lowest BCUT2D eigenvalue weighted by molar-refractivity contribution is 0.0690. The van der Waals surface area contributed by atoms with E-state index in [1.807, 2.05) is 0 Å². The molecule has 21 heavy (non-hydrogen) atoms. The van der Waals surface area contributed by atoms with Crippen LogP contribution in [0.3, 0.4) is 0 Å². The maximum Gasteiger partial charge on any atom is 0.354 e. The highest BCUT2D eigenvalue weighted by molar-refractivity contribution is 5.96. The van der Waals surface area contributed by atoms with Crippen molar-refractivity contribution in [1.82, 2.24) is 10.3 Å². The SMILES string of the molecule is CC1CCC(CCNC(=O)c2ccnc(C(=O)O)c2)CC1. The number of aromatic nitrogens is 1. The number of hydrogen-bond acceptors (Lipinski definition) is 3. The molecule has 1 heterocycles. The number of hydrogen-bond donors (Lipinski definition) is 2. The summed E-state index contributed by atoms with van der Waals surface area (Å²) in [6, 6.07) is 2.84. The van der Waals surface area contributed by atoms with E-state index in [-0.39, 0.29) is 11.6 Å². The monoisotopic (exact) mass is 290 g/mol. The molecule has 1 aromatic heterocycles. The van der Waals surface area contributed by atoms with Crippen molar-refractivity contribution in [3.05, 3.63) is 29.6 Å². The van der Waals surface area contributed by atoms with Gasteiger partial charge in [0.25, 0.3) is 5.91 Å². The minimum atomic E-state index is -1.12. The summed E-state index contributed by atoms with van der Waals surface area (Å²) in [5.41, 5.74) is 0.239. The Labute approximate surface area is 124 Å². The van der Waals surface area contributed by atoms with Gasteiger partial charge in [-0.25, -0.2) is 9.78 Å². The van der Waals surface area contributed by atoms with Crippen molar-refractivity contribution in [2.75, 3.05) is 6.54 Å².